The molecule has 0 radical (unpaired) electrons. The van der Waals surface area contributed by atoms with Gasteiger partial charge >= 0.3 is 0 Å². The highest BCUT2D eigenvalue weighted by atomic mass is 32.1. The molecule has 2 aromatic heterocycles. The highest BCUT2D eigenvalue weighted by Crippen LogP contribution is 2.29. The molecule has 0 spiro atoms. The third kappa shape index (κ3) is 4.77. The van der Waals surface area contributed by atoms with Crippen LogP contribution in [0.25, 0.3) is 10.6 Å². The summed E-state index contributed by atoms with van der Waals surface area (Å²) < 4.78 is 0. The van der Waals surface area contributed by atoms with Gasteiger partial charge in [0.05, 0.1) is 27.8 Å². The average molecular weight is 429 g/mol. The number of hydrogen-bond acceptors (Lipinski definition) is 7. The molecule has 1 atom stereocenters. The summed E-state index contributed by atoms with van der Waals surface area (Å²) in [5.41, 5.74) is 1.87. The van der Waals surface area contributed by atoms with Crippen LogP contribution >= 0.6 is 11.3 Å². The van der Waals surface area contributed by atoms with Crippen LogP contribution in [-0.4, -0.2) is 63.9 Å². The standard InChI is InChI=1S/C21H28N6O2S/c1-14-20(30-15(2)23-14)17-7-9-22-21(25-17)27-11-8-16(12-27)24-18(28)13-26-10-5-3-4-6-19(26)29/h7,9,16H,3-6,8,10-13H2,1-2H3,(H,24,28). The molecule has 1 unspecified atom stereocenters. The zero-order valence-corrected chi connectivity index (χ0v) is 18.4. The summed E-state index contributed by atoms with van der Waals surface area (Å²) >= 11 is 1.64. The number of nitrogens with one attached hydrogen (secondary N) is 1. The Kier molecular flexibility index (Phi) is 6.26. The Labute approximate surface area is 180 Å². The van der Waals surface area contributed by atoms with E-state index in [0.29, 0.717) is 25.5 Å². The van der Waals surface area contributed by atoms with Crippen LogP contribution in [0.1, 0.15) is 42.8 Å². The number of amides is 2. The van der Waals surface area contributed by atoms with Crippen molar-refractivity contribution in [2.75, 3.05) is 31.1 Å². The number of nitrogens with zero attached hydrogens (tertiary/aromatic N) is 5. The number of thiazole rings is 1. The minimum absolute atomic E-state index is 0.0409. The molecule has 4 rings (SSSR count). The molecule has 0 bridgehead atoms. The van der Waals surface area contributed by atoms with Crippen LogP contribution in [-0.2, 0) is 9.59 Å². The van der Waals surface area contributed by atoms with Crippen LogP contribution < -0.4 is 10.2 Å². The summed E-state index contributed by atoms with van der Waals surface area (Å²) in [6.45, 7) is 6.29. The second kappa shape index (κ2) is 9.07. The molecule has 2 aliphatic heterocycles. The molecule has 2 saturated heterocycles. The summed E-state index contributed by atoms with van der Waals surface area (Å²) in [4.78, 5) is 43.2. The van der Waals surface area contributed by atoms with Crippen LogP contribution in [0, 0.1) is 13.8 Å². The Morgan fingerprint density at radius 2 is 2.10 bits per heavy atom. The Hall–Kier alpha value is -2.55. The lowest BCUT2D eigenvalue weighted by atomic mass is 10.2. The molecule has 2 aromatic rings. The number of anilines is 1. The third-order valence-corrected chi connectivity index (χ3v) is 6.72. The topological polar surface area (TPSA) is 91.3 Å². The van der Waals surface area contributed by atoms with Gasteiger partial charge in [0.15, 0.2) is 0 Å². The van der Waals surface area contributed by atoms with Crippen molar-refractivity contribution < 1.29 is 9.59 Å². The lowest BCUT2D eigenvalue weighted by Crippen LogP contribution is -2.45. The first-order valence-corrected chi connectivity index (χ1v) is 11.4. The van der Waals surface area contributed by atoms with E-state index >= 15 is 0 Å². The number of rotatable bonds is 5. The molecule has 2 amide bonds. The van der Waals surface area contributed by atoms with E-state index in [9.17, 15) is 9.59 Å². The minimum Gasteiger partial charge on any atom is -0.350 e. The molecule has 160 valence electrons. The number of aromatic nitrogens is 3. The fourth-order valence-corrected chi connectivity index (χ4v) is 5.00. The first kappa shape index (κ1) is 20.7. The smallest absolute Gasteiger partial charge is 0.239 e. The lowest BCUT2D eigenvalue weighted by molar-refractivity contribution is -0.135. The van der Waals surface area contributed by atoms with Gasteiger partial charge in [-0.1, -0.05) is 6.42 Å². The fraction of sp³-hybridized carbons (Fsp3) is 0.571. The van der Waals surface area contributed by atoms with Crippen molar-refractivity contribution in [1.82, 2.24) is 25.2 Å². The maximum absolute atomic E-state index is 12.5. The number of carbonyl (C=O) groups is 2. The van der Waals surface area contributed by atoms with Crippen molar-refractivity contribution in [3.05, 3.63) is 23.0 Å². The summed E-state index contributed by atoms with van der Waals surface area (Å²) in [6.07, 6.45) is 6.13. The zero-order chi connectivity index (χ0) is 21.1. The largest absolute Gasteiger partial charge is 0.350 e. The molecule has 0 aliphatic carbocycles. The van der Waals surface area contributed by atoms with Crippen LogP contribution in [0.3, 0.4) is 0 Å². The van der Waals surface area contributed by atoms with Crippen LogP contribution in [0.4, 0.5) is 5.95 Å². The van der Waals surface area contributed by atoms with E-state index in [1.807, 2.05) is 19.9 Å². The van der Waals surface area contributed by atoms with E-state index in [0.717, 1.165) is 53.5 Å². The van der Waals surface area contributed by atoms with Gasteiger partial charge in [-0.05, 0) is 39.2 Å². The number of carbonyl (C=O) groups excluding carboxylic acids is 2. The predicted octanol–water partition coefficient (Wildman–Crippen LogP) is 2.31. The fourth-order valence-electron chi connectivity index (χ4n) is 4.11. The normalized spacial score (nSPS) is 19.8. The summed E-state index contributed by atoms with van der Waals surface area (Å²) in [7, 11) is 0. The van der Waals surface area contributed by atoms with Crippen molar-refractivity contribution in [1.29, 1.82) is 0 Å². The summed E-state index contributed by atoms with van der Waals surface area (Å²) in [5, 5.41) is 4.11. The third-order valence-electron chi connectivity index (χ3n) is 5.62. The van der Waals surface area contributed by atoms with Crippen molar-refractivity contribution in [2.24, 2.45) is 0 Å². The molecule has 30 heavy (non-hydrogen) atoms. The molecule has 2 aliphatic rings. The van der Waals surface area contributed by atoms with Gasteiger partial charge in [-0.25, -0.2) is 15.0 Å². The first-order valence-electron chi connectivity index (χ1n) is 10.6. The molecule has 9 heteroatoms. The molecular weight excluding hydrogens is 400 g/mol. The van der Waals surface area contributed by atoms with Gasteiger partial charge in [0.25, 0.3) is 0 Å². The Morgan fingerprint density at radius 1 is 1.23 bits per heavy atom. The van der Waals surface area contributed by atoms with Crippen molar-refractivity contribution in [2.45, 2.75) is 52.0 Å². The second-order valence-corrected chi connectivity index (χ2v) is 9.22. The van der Waals surface area contributed by atoms with Gasteiger partial charge in [0.1, 0.15) is 0 Å². The molecule has 1 N–H and O–H groups in total. The highest BCUT2D eigenvalue weighted by molar-refractivity contribution is 7.15. The zero-order valence-electron chi connectivity index (χ0n) is 17.6. The predicted molar refractivity (Wildman–Crippen MR) is 116 cm³/mol. The molecule has 8 nitrogen and oxygen atoms in total. The average Bonchev–Trinajstić information content (AvgIpc) is 3.26. The van der Waals surface area contributed by atoms with E-state index in [4.69, 9.17) is 4.98 Å². The van der Waals surface area contributed by atoms with Crippen molar-refractivity contribution >= 4 is 29.1 Å². The van der Waals surface area contributed by atoms with E-state index in [-0.39, 0.29) is 24.4 Å². The Morgan fingerprint density at radius 3 is 2.90 bits per heavy atom. The molecular formula is C21H28N6O2S. The van der Waals surface area contributed by atoms with Crippen LogP contribution in [0.2, 0.25) is 0 Å². The maximum Gasteiger partial charge on any atom is 0.239 e. The van der Waals surface area contributed by atoms with Gasteiger partial charge in [0, 0.05) is 38.3 Å². The Bertz CT molecular complexity index is 930. The Balaban J connectivity index is 1.35. The van der Waals surface area contributed by atoms with Gasteiger partial charge in [-0.3, -0.25) is 9.59 Å². The van der Waals surface area contributed by atoms with Crippen LogP contribution in [0.15, 0.2) is 12.3 Å². The van der Waals surface area contributed by atoms with Gasteiger partial charge in [0.2, 0.25) is 17.8 Å². The molecule has 4 heterocycles. The number of likely N-dealkylation sites (tertiary alicyclic amines) is 1. The van der Waals surface area contributed by atoms with Gasteiger partial charge in [-0.15, -0.1) is 11.3 Å². The minimum atomic E-state index is -0.0810. The van der Waals surface area contributed by atoms with E-state index in [2.05, 4.69) is 20.2 Å². The molecule has 2 fully saturated rings. The monoisotopic (exact) mass is 428 g/mol. The maximum atomic E-state index is 12.5. The number of aryl methyl sites for hydroxylation is 2. The quantitative estimate of drug-likeness (QED) is 0.786. The van der Waals surface area contributed by atoms with Gasteiger partial charge < -0.3 is 15.1 Å². The van der Waals surface area contributed by atoms with Crippen molar-refractivity contribution in [3.8, 4) is 10.6 Å². The van der Waals surface area contributed by atoms with E-state index in [1.54, 1.807) is 22.4 Å². The molecule has 0 aromatic carbocycles. The van der Waals surface area contributed by atoms with Crippen LogP contribution in [0.5, 0.6) is 0 Å². The second-order valence-electron chi connectivity index (χ2n) is 8.01. The lowest BCUT2D eigenvalue weighted by Gasteiger charge is -2.21. The highest BCUT2D eigenvalue weighted by Gasteiger charge is 2.27. The van der Waals surface area contributed by atoms with E-state index < -0.39 is 0 Å². The SMILES string of the molecule is Cc1nc(C)c(-c2ccnc(N3CCC(NC(=O)CN4CCCCCC4=O)C3)n2)s1. The summed E-state index contributed by atoms with van der Waals surface area (Å²) in [6, 6.07) is 1.95. The van der Waals surface area contributed by atoms with E-state index in [1.165, 1.54) is 0 Å². The summed E-state index contributed by atoms with van der Waals surface area (Å²) in [5.74, 6) is 0.689. The first-order chi connectivity index (χ1) is 14.5. The molecule has 0 saturated carbocycles. The number of hydrogen-bond donors (Lipinski definition) is 1. The van der Waals surface area contributed by atoms with Gasteiger partial charge in [-0.2, -0.15) is 0 Å². The van der Waals surface area contributed by atoms with Crippen molar-refractivity contribution in [3.63, 3.8) is 0 Å².